The molecule has 0 saturated carbocycles. The van der Waals surface area contributed by atoms with Crippen LogP contribution < -0.4 is 4.74 Å². The van der Waals surface area contributed by atoms with Crippen LogP contribution in [-0.4, -0.2) is 36.8 Å². The quantitative estimate of drug-likeness (QED) is 0.774. The molecular weight excluding hydrogens is 338 g/mol. The van der Waals surface area contributed by atoms with Crippen LogP contribution in [0.2, 0.25) is 5.02 Å². The van der Waals surface area contributed by atoms with Crippen molar-refractivity contribution in [1.82, 2.24) is 4.90 Å². The van der Waals surface area contributed by atoms with E-state index in [1.54, 1.807) is 48.4 Å². The summed E-state index contributed by atoms with van der Waals surface area (Å²) in [5.74, 6) is 0.343. The lowest BCUT2D eigenvalue weighted by Crippen LogP contribution is -2.42. The molecule has 0 aliphatic carbocycles. The van der Waals surface area contributed by atoms with Gasteiger partial charge in [-0.25, -0.2) is 0 Å². The minimum atomic E-state index is -0.207. The molecule has 0 unspecified atom stereocenters. The number of benzene rings is 2. The van der Waals surface area contributed by atoms with Gasteiger partial charge in [0.05, 0.1) is 12.7 Å². The smallest absolute Gasteiger partial charge is 0.253 e. The number of piperidine rings is 1. The number of carbonyl (C=O) groups excluding carboxylic acids is 2. The number of carbonyl (C=O) groups is 2. The molecule has 1 aliphatic heterocycles. The zero-order valence-corrected chi connectivity index (χ0v) is 14.8. The Hall–Kier alpha value is -2.33. The van der Waals surface area contributed by atoms with Crippen molar-refractivity contribution in [2.75, 3.05) is 20.2 Å². The van der Waals surface area contributed by atoms with Crippen molar-refractivity contribution in [2.24, 2.45) is 5.92 Å². The normalized spacial score (nSPS) is 17.2. The number of nitrogens with zero attached hydrogens (tertiary/aromatic N) is 1. The summed E-state index contributed by atoms with van der Waals surface area (Å²) in [6, 6.07) is 14.1. The monoisotopic (exact) mass is 357 g/mol. The van der Waals surface area contributed by atoms with Gasteiger partial charge in [0, 0.05) is 29.6 Å². The summed E-state index contributed by atoms with van der Waals surface area (Å²) >= 11 is 5.88. The van der Waals surface area contributed by atoms with Gasteiger partial charge in [0.1, 0.15) is 5.75 Å². The topological polar surface area (TPSA) is 46.6 Å². The van der Waals surface area contributed by atoms with E-state index in [9.17, 15) is 9.59 Å². The molecule has 1 atom stereocenters. The number of hydrogen-bond donors (Lipinski definition) is 0. The van der Waals surface area contributed by atoms with Crippen molar-refractivity contribution in [3.05, 3.63) is 64.7 Å². The number of halogens is 1. The lowest BCUT2D eigenvalue weighted by molar-refractivity contribution is 0.0636. The second-order valence-electron chi connectivity index (χ2n) is 6.16. The summed E-state index contributed by atoms with van der Waals surface area (Å²) in [6.45, 7) is 1.09. The van der Waals surface area contributed by atoms with Gasteiger partial charge in [-0.05, 0) is 49.2 Å². The first-order chi connectivity index (χ1) is 12.1. The number of rotatable bonds is 4. The van der Waals surface area contributed by atoms with E-state index in [1.807, 2.05) is 12.1 Å². The van der Waals surface area contributed by atoms with Gasteiger partial charge in [-0.1, -0.05) is 23.7 Å². The zero-order chi connectivity index (χ0) is 17.8. The van der Waals surface area contributed by atoms with Crippen LogP contribution in [0.1, 0.15) is 33.6 Å². The number of ketones is 1. The molecule has 0 radical (unpaired) electrons. The average Bonchev–Trinajstić information content (AvgIpc) is 2.67. The van der Waals surface area contributed by atoms with E-state index in [1.165, 1.54) is 0 Å². The molecular formula is C20H20ClNO3. The number of likely N-dealkylation sites (tertiary alicyclic amines) is 1. The van der Waals surface area contributed by atoms with Gasteiger partial charge in [0.15, 0.2) is 5.78 Å². The van der Waals surface area contributed by atoms with Crippen molar-refractivity contribution in [1.29, 1.82) is 0 Å². The second-order valence-corrected chi connectivity index (χ2v) is 6.60. The number of Topliss-reactive ketones (excluding diaryl/α,β-unsaturated/α-hetero) is 1. The molecule has 2 aromatic carbocycles. The number of amides is 1. The van der Waals surface area contributed by atoms with Crippen LogP contribution in [0.3, 0.4) is 0 Å². The fourth-order valence-electron chi connectivity index (χ4n) is 3.22. The van der Waals surface area contributed by atoms with Crippen molar-refractivity contribution in [3.8, 4) is 5.75 Å². The van der Waals surface area contributed by atoms with E-state index < -0.39 is 0 Å². The van der Waals surface area contributed by atoms with Crippen LogP contribution in [0.25, 0.3) is 0 Å². The van der Waals surface area contributed by atoms with Crippen molar-refractivity contribution >= 4 is 23.3 Å². The van der Waals surface area contributed by atoms with Gasteiger partial charge in [-0.3, -0.25) is 9.59 Å². The first-order valence-electron chi connectivity index (χ1n) is 8.32. The zero-order valence-electron chi connectivity index (χ0n) is 14.1. The van der Waals surface area contributed by atoms with E-state index >= 15 is 0 Å². The molecule has 25 heavy (non-hydrogen) atoms. The van der Waals surface area contributed by atoms with Gasteiger partial charge in [0.2, 0.25) is 0 Å². The molecule has 1 aliphatic rings. The Bertz CT molecular complexity index is 773. The minimum Gasteiger partial charge on any atom is -0.496 e. The standard InChI is InChI=1S/C20H20ClNO3/c1-25-18-7-3-2-6-17(18)19(23)15-5-4-12-22(13-15)20(24)14-8-10-16(21)11-9-14/h2-3,6-11,15H,4-5,12-13H2,1H3/t15-/m1/s1. The lowest BCUT2D eigenvalue weighted by atomic mass is 9.89. The van der Waals surface area contributed by atoms with Crippen LogP contribution in [0, 0.1) is 5.92 Å². The van der Waals surface area contributed by atoms with E-state index in [2.05, 4.69) is 0 Å². The minimum absolute atomic E-state index is 0.0334. The largest absolute Gasteiger partial charge is 0.496 e. The van der Waals surface area contributed by atoms with Gasteiger partial charge >= 0.3 is 0 Å². The maximum Gasteiger partial charge on any atom is 0.253 e. The highest BCUT2D eigenvalue weighted by atomic mass is 35.5. The molecule has 5 heteroatoms. The van der Waals surface area contributed by atoms with Gasteiger partial charge in [-0.2, -0.15) is 0 Å². The van der Waals surface area contributed by atoms with E-state index in [0.717, 1.165) is 12.8 Å². The van der Waals surface area contributed by atoms with Crippen molar-refractivity contribution in [2.45, 2.75) is 12.8 Å². The average molecular weight is 358 g/mol. The van der Waals surface area contributed by atoms with Gasteiger partial charge in [-0.15, -0.1) is 0 Å². The highest BCUT2D eigenvalue weighted by Gasteiger charge is 2.30. The second kappa shape index (κ2) is 7.70. The Morgan fingerprint density at radius 2 is 1.84 bits per heavy atom. The molecule has 1 fully saturated rings. The fourth-order valence-corrected chi connectivity index (χ4v) is 3.34. The summed E-state index contributed by atoms with van der Waals surface area (Å²) in [4.78, 5) is 27.3. The van der Waals surface area contributed by atoms with Crippen LogP contribution in [-0.2, 0) is 0 Å². The SMILES string of the molecule is COc1ccccc1C(=O)[C@@H]1CCCN(C(=O)c2ccc(Cl)cc2)C1. The molecule has 4 nitrogen and oxygen atoms in total. The molecule has 1 heterocycles. The Morgan fingerprint density at radius 1 is 1.12 bits per heavy atom. The summed E-state index contributed by atoms with van der Waals surface area (Å²) in [6.07, 6.45) is 1.59. The lowest BCUT2D eigenvalue weighted by Gasteiger charge is -2.32. The summed E-state index contributed by atoms with van der Waals surface area (Å²) in [5.41, 5.74) is 1.17. The van der Waals surface area contributed by atoms with Crippen LogP contribution >= 0.6 is 11.6 Å². The van der Waals surface area contributed by atoms with Crippen molar-refractivity contribution in [3.63, 3.8) is 0 Å². The Kier molecular flexibility index (Phi) is 5.39. The van der Waals surface area contributed by atoms with Gasteiger partial charge in [0.25, 0.3) is 5.91 Å². The third-order valence-electron chi connectivity index (χ3n) is 4.54. The molecule has 2 aromatic rings. The summed E-state index contributed by atoms with van der Waals surface area (Å²) in [7, 11) is 1.56. The maximum atomic E-state index is 12.9. The van der Waals surface area contributed by atoms with Crippen LogP contribution in [0.4, 0.5) is 0 Å². The molecule has 0 aromatic heterocycles. The molecule has 3 rings (SSSR count). The summed E-state index contributed by atoms with van der Waals surface area (Å²) in [5, 5.41) is 0.597. The predicted molar refractivity (Wildman–Crippen MR) is 97.4 cm³/mol. The predicted octanol–water partition coefficient (Wildman–Crippen LogP) is 4.08. The highest BCUT2D eigenvalue weighted by molar-refractivity contribution is 6.30. The molecule has 0 bridgehead atoms. The number of ether oxygens (including phenoxy) is 1. The molecule has 1 saturated heterocycles. The summed E-state index contributed by atoms with van der Waals surface area (Å²) < 4.78 is 5.30. The highest BCUT2D eigenvalue weighted by Crippen LogP contribution is 2.27. The molecule has 0 spiro atoms. The first kappa shape index (κ1) is 17.5. The van der Waals surface area contributed by atoms with E-state index in [0.29, 0.717) is 35.0 Å². The Morgan fingerprint density at radius 3 is 2.56 bits per heavy atom. The Balaban J connectivity index is 1.75. The Labute approximate surface area is 152 Å². The number of hydrogen-bond acceptors (Lipinski definition) is 3. The van der Waals surface area contributed by atoms with Crippen molar-refractivity contribution < 1.29 is 14.3 Å². The maximum absolute atomic E-state index is 12.9. The van der Waals surface area contributed by atoms with Crippen LogP contribution in [0.15, 0.2) is 48.5 Å². The third-order valence-corrected chi connectivity index (χ3v) is 4.79. The fraction of sp³-hybridized carbons (Fsp3) is 0.300. The molecule has 0 N–H and O–H groups in total. The van der Waals surface area contributed by atoms with E-state index in [-0.39, 0.29) is 17.6 Å². The van der Waals surface area contributed by atoms with Crippen LogP contribution in [0.5, 0.6) is 5.75 Å². The first-order valence-corrected chi connectivity index (χ1v) is 8.70. The third kappa shape index (κ3) is 3.85. The molecule has 1 amide bonds. The number of para-hydroxylation sites is 1. The van der Waals surface area contributed by atoms with Gasteiger partial charge < -0.3 is 9.64 Å². The van der Waals surface area contributed by atoms with E-state index in [4.69, 9.17) is 16.3 Å². The number of methoxy groups -OCH3 is 1. The molecule has 130 valence electrons.